The summed E-state index contributed by atoms with van der Waals surface area (Å²) in [4.78, 5) is 11.0. The number of hydrogen-bond acceptors (Lipinski definition) is 6. The number of aromatic hydroxyl groups is 1. The first kappa shape index (κ1) is 16.5. The standard InChI is InChI=1S/C19H13N3O5/c20-9-12-10-22(13-2-3-14(19(24)25)15(23)8-13)21-18(12)11-1-4-16-17(7-11)27-6-5-26-16/h1-4,7-8,10,23H,5-6H2,(H,24,25). The fourth-order valence-electron chi connectivity index (χ4n) is 2.84. The highest BCUT2D eigenvalue weighted by Crippen LogP contribution is 2.35. The lowest BCUT2D eigenvalue weighted by atomic mass is 10.1. The van der Waals surface area contributed by atoms with E-state index >= 15 is 0 Å². The van der Waals surface area contributed by atoms with Crippen LogP contribution >= 0.6 is 0 Å². The van der Waals surface area contributed by atoms with E-state index in [1.165, 1.54) is 29.1 Å². The molecule has 0 saturated carbocycles. The van der Waals surface area contributed by atoms with Crippen molar-refractivity contribution in [3.63, 3.8) is 0 Å². The number of fused-ring (bicyclic) bond motifs is 1. The van der Waals surface area contributed by atoms with Crippen LogP contribution in [0.1, 0.15) is 15.9 Å². The predicted octanol–water partition coefficient (Wildman–Crippen LogP) is 2.59. The average Bonchev–Trinajstić information content (AvgIpc) is 3.11. The van der Waals surface area contributed by atoms with Crippen LogP contribution in [0.2, 0.25) is 0 Å². The molecule has 0 spiro atoms. The zero-order chi connectivity index (χ0) is 19.0. The zero-order valence-electron chi connectivity index (χ0n) is 13.9. The molecule has 8 heteroatoms. The van der Waals surface area contributed by atoms with Crippen molar-refractivity contribution in [1.29, 1.82) is 5.26 Å². The monoisotopic (exact) mass is 363 g/mol. The van der Waals surface area contributed by atoms with Gasteiger partial charge in [0, 0.05) is 17.8 Å². The maximum Gasteiger partial charge on any atom is 0.339 e. The van der Waals surface area contributed by atoms with Crippen molar-refractivity contribution >= 4 is 5.97 Å². The van der Waals surface area contributed by atoms with Gasteiger partial charge in [-0.05, 0) is 30.3 Å². The summed E-state index contributed by atoms with van der Waals surface area (Å²) in [6.07, 6.45) is 1.52. The fourth-order valence-corrected chi connectivity index (χ4v) is 2.84. The number of hydrogen-bond donors (Lipinski definition) is 2. The Kier molecular flexibility index (Phi) is 3.90. The quantitative estimate of drug-likeness (QED) is 0.734. The molecule has 0 amide bonds. The van der Waals surface area contributed by atoms with E-state index in [4.69, 9.17) is 14.6 Å². The molecule has 8 nitrogen and oxygen atoms in total. The third-order valence-corrected chi connectivity index (χ3v) is 4.13. The van der Waals surface area contributed by atoms with Gasteiger partial charge in [-0.2, -0.15) is 10.4 Å². The molecule has 0 aliphatic carbocycles. The fraction of sp³-hybridized carbons (Fsp3) is 0.105. The number of aromatic carboxylic acids is 1. The Hall–Kier alpha value is -3.99. The summed E-state index contributed by atoms with van der Waals surface area (Å²) in [6.45, 7) is 0.936. The Balaban J connectivity index is 1.77. The smallest absolute Gasteiger partial charge is 0.339 e. The lowest BCUT2D eigenvalue weighted by Crippen LogP contribution is -2.15. The molecule has 1 aliphatic rings. The molecule has 134 valence electrons. The van der Waals surface area contributed by atoms with Gasteiger partial charge >= 0.3 is 5.97 Å². The van der Waals surface area contributed by atoms with E-state index in [0.29, 0.717) is 47.2 Å². The van der Waals surface area contributed by atoms with Gasteiger partial charge in [0.1, 0.15) is 36.3 Å². The molecule has 1 aliphatic heterocycles. The molecule has 0 bridgehead atoms. The summed E-state index contributed by atoms with van der Waals surface area (Å²) < 4.78 is 12.5. The molecule has 2 heterocycles. The second-order valence-electron chi connectivity index (χ2n) is 5.81. The molecule has 0 saturated heterocycles. The Morgan fingerprint density at radius 2 is 1.93 bits per heavy atom. The molecule has 0 radical (unpaired) electrons. The first-order valence-corrected chi connectivity index (χ1v) is 8.03. The maximum absolute atomic E-state index is 11.0. The third-order valence-electron chi connectivity index (χ3n) is 4.13. The Morgan fingerprint density at radius 1 is 1.15 bits per heavy atom. The van der Waals surface area contributed by atoms with Gasteiger partial charge in [0.15, 0.2) is 11.5 Å². The highest BCUT2D eigenvalue weighted by molar-refractivity contribution is 5.91. The van der Waals surface area contributed by atoms with Crippen molar-refractivity contribution in [3.8, 4) is 40.3 Å². The van der Waals surface area contributed by atoms with Crippen LogP contribution in [0.4, 0.5) is 0 Å². The maximum atomic E-state index is 11.0. The van der Waals surface area contributed by atoms with E-state index in [0.717, 1.165) is 0 Å². The number of carboxylic acid groups (broad SMARTS) is 1. The van der Waals surface area contributed by atoms with E-state index < -0.39 is 5.97 Å². The second kappa shape index (κ2) is 6.38. The lowest BCUT2D eigenvalue weighted by Gasteiger charge is -2.18. The minimum atomic E-state index is -1.23. The van der Waals surface area contributed by atoms with Gasteiger partial charge in [-0.25, -0.2) is 9.48 Å². The van der Waals surface area contributed by atoms with Crippen LogP contribution in [-0.4, -0.2) is 39.2 Å². The minimum absolute atomic E-state index is 0.210. The van der Waals surface area contributed by atoms with Crippen molar-refractivity contribution in [1.82, 2.24) is 9.78 Å². The number of carboxylic acids is 1. The summed E-state index contributed by atoms with van der Waals surface area (Å²) in [5, 5.41) is 32.8. The Morgan fingerprint density at radius 3 is 2.63 bits per heavy atom. The average molecular weight is 363 g/mol. The number of nitriles is 1. The predicted molar refractivity (Wildman–Crippen MR) is 93.3 cm³/mol. The number of benzene rings is 2. The van der Waals surface area contributed by atoms with Gasteiger partial charge < -0.3 is 19.7 Å². The molecule has 2 N–H and O–H groups in total. The van der Waals surface area contributed by atoms with Crippen molar-refractivity contribution in [2.24, 2.45) is 0 Å². The van der Waals surface area contributed by atoms with Gasteiger partial charge in [0.2, 0.25) is 0 Å². The first-order chi connectivity index (χ1) is 13.1. The number of rotatable bonds is 3. The first-order valence-electron chi connectivity index (χ1n) is 8.03. The van der Waals surface area contributed by atoms with Crippen LogP contribution in [0.5, 0.6) is 17.2 Å². The van der Waals surface area contributed by atoms with Crippen molar-refractivity contribution in [2.45, 2.75) is 0 Å². The topological polar surface area (TPSA) is 118 Å². The number of ether oxygens (including phenoxy) is 2. The van der Waals surface area contributed by atoms with E-state index in [9.17, 15) is 15.2 Å². The van der Waals surface area contributed by atoms with Crippen LogP contribution in [0.3, 0.4) is 0 Å². The molecule has 0 atom stereocenters. The Bertz CT molecular complexity index is 1100. The molecule has 27 heavy (non-hydrogen) atoms. The van der Waals surface area contributed by atoms with E-state index in [2.05, 4.69) is 11.2 Å². The lowest BCUT2D eigenvalue weighted by molar-refractivity contribution is 0.0693. The van der Waals surface area contributed by atoms with Gasteiger partial charge in [0.05, 0.1) is 11.3 Å². The summed E-state index contributed by atoms with van der Waals surface area (Å²) in [6, 6.07) is 11.5. The summed E-state index contributed by atoms with van der Waals surface area (Å²) in [5.41, 5.74) is 1.67. The molecule has 0 fully saturated rings. The van der Waals surface area contributed by atoms with Crippen molar-refractivity contribution in [3.05, 3.63) is 53.7 Å². The molecular formula is C19H13N3O5. The third kappa shape index (κ3) is 2.91. The van der Waals surface area contributed by atoms with Crippen molar-refractivity contribution < 1.29 is 24.5 Å². The molecule has 1 aromatic heterocycles. The van der Waals surface area contributed by atoms with E-state index in [1.807, 2.05) is 0 Å². The largest absolute Gasteiger partial charge is 0.507 e. The number of phenols is 1. The van der Waals surface area contributed by atoms with Crippen LogP contribution in [0.15, 0.2) is 42.6 Å². The van der Waals surface area contributed by atoms with Gasteiger partial charge in [-0.15, -0.1) is 0 Å². The Labute approximate surface area is 153 Å². The van der Waals surface area contributed by atoms with Gasteiger partial charge in [-0.1, -0.05) is 0 Å². The van der Waals surface area contributed by atoms with E-state index in [-0.39, 0.29) is 11.3 Å². The number of aromatic nitrogens is 2. The van der Waals surface area contributed by atoms with Gasteiger partial charge in [0.25, 0.3) is 0 Å². The summed E-state index contributed by atoms with van der Waals surface area (Å²) >= 11 is 0. The highest BCUT2D eigenvalue weighted by Gasteiger charge is 2.18. The molecule has 2 aromatic carbocycles. The second-order valence-corrected chi connectivity index (χ2v) is 5.81. The SMILES string of the molecule is N#Cc1cn(-c2ccc(C(=O)O)c(O)c2)nc1-c1ccc2c(c1)OCCO2. The van der Waals surface area contributed by atoms with Crippen LogP contribution in [0.25, 0.3) is 16.9 Å². The molecule has 0 unspecified atom stereocenters. The minimum Gasteiger partial charge on any atom is -0.507 e. The number of nitrogens with zero attached hydrogens (tertiary/aromatic N) is 3. The highest BCUT2D eigenvalue weighted by atomic mass is 16.6. The van der Waals surface area contributed by atoms with Crippen LogP contribution in [-0.2, 0) is 0 Å². The van der Waals surface area contributed by atoms with Gasteiger partial charge in [-0.3, -0.25) is 0 Å². The molecular weight excluding hydrogens is 350 g/mol. The van der Waals surface area contributed by atoms with Crippen molar-refractivity contribution in [2.75, 3.05) is 13.2 Å². The number of carbonyl (C=O) groups is 1. The summed E-state index contributed by atoms with van der Waals surface area (Å²) in [7, 11) is 0. The molecule has 3 aromatic rings. The van der Waals surface area contributed by atoms with Crippen LogP contribution in [0, 0.1) is 11.3 Å². The zero-order valence-corrected chi connectivity index (χ0v) is 13.9. The van der Waals surface area contributed by atoms with Crippen LogP contribution < -0.4 is 9.47 Å². The summed E-state index contributed by atoms with van der Waals surface area (Å²) in [5.74, 6) is -0.387. The normalized spacial score (nSPS) is 12.4. The van der Waals surface area contributed by atoms with E-state index in [1.54, 1.807) is 18.2 Å². The molecule has 4 rings (SSSR count).